The van der Waals surface area contributed by atoms with Crippen molar-refractivity contribution < 1.29 is 13.6 Å². The summed E-state index contributed by atoms with van der Waals surface area (Å²) in [7, 11) is 1.44. The fraction of sp³-hybridized carbons (Fsp3) is 0.176. The number of aromatic amines is 1. The van der Waals surface area contributed by atoms with Gasteiger partial charge in [0.25, 0.3) is 11.5 Å². The van der Waals surface area contributed by atoms with Gasteiger partial charge in [-0.3, -0.25) is 19.1 Å². The third kappa shape index (κ3) is 3.10. The number of halogens is 2. The lowest BCUT2D eigenvalue weighted by atomic mass is 10.1. The van der Waals surface area contributed by atoms with Crippen LogP contribution in [-0.4, -0.2) is 20.4 Å². The number of carbonyl (C=O) groups excluding carboxylic acids is 1. The molecule has 1 aromatic carbocycles. The second-order valence-electron chi connectivity index (χ2n) is 5.77. The molecule has 1 amide bonds. The molecule has 0 spiro atoms. The fourth-order valence-electron chi connectivity index (χ4n) is 2.57. The Balaban J connectivity index is 1.93. The maximum absolute atomic E-state index is 13.8. The number of carbonyl (C=O) groups is 1. The summed E-state index contributed by atoms with van der Waals surface area (Å²) in [5, 5.41) is 2.63. The minimum absolute atomic E-state index is 0.0658. The molecule has 0 saturated heterocycles. The number of hydrogen-bond donors (Lipinski definition) is 2. The van der Waals surface area contributed by atoms with Crippen LogP contribution in [0.15, 0.2) is 40.1 Å². The summed E-state index contributed by atoms with van der Waals surface area (Å²) in [5.41, 5.74) is -0.965. The number of rotatable bonds is 3. The number of benzene rings is 1. The van der Waals surface area contributed by atoms with Crippen LogP contribution in [0.3, 0.4) is 0 Å². The summed E-state index contributed by atoms with van der Waals surface area (Å²) >= 11 is 0. The number of hydrogen-bond acceptors (Lipinski definition) is 4. The van der Waals surface area contributed by atoms with Gasteiger partial charge in [-0.2, -0.15) is 0 Å². The third-order valence-electron chi connectivity index (χ3n) is 3.99. The molecule has 2 aromatic heterocycles. The standard InChI is InChI=1S/C17H14F2N4O3/c1-8(11-4-3-10(18)6-13(11)19)21-15(24)9-5-12-14(20-7-9)23(2)17(26)22-16(12)25/h3-8H,1-2H3,(H,21,24)(H,22,25,26)/t8-/m1/s1. The Morgan fingerprint density at radius 1 is 1.27 bits per heavy atom. The number of H-pyrrole nitrogens is 1. The van der Waals surface area contributed by atoms with Crippen LogP contribution in [0.2, 0.25) is 0 Å². The zero-order valence-corrected chi connectivity index (χ0v) is 13.8. The normalized spacial score (nSPS) is 12.2. The molecule has 0 unspecified atom stereocenters. The maximum atomic E-state index is 13.8. The fourth-order valence-corrected chi connectivity index (χ4v) is 2.57. The van der Waals surface area contributed by atoms with Gasteiger partial charge in [0, 0.05) is 24.9 Å². The van der Waals surface area contributed by atoms with E-state index in [1.807, 2.05) is 0 Å². The van der Waals surface area contributed by atoms with Gasteiger partial charge in [-0.25, -0.2) is 18.6 Å². The summed E-state index contributed by atoms with van der Waals surface area (Å²) in [6.45, 7) is 1.54. The van der Waals surface area contributed by atoms with E-state index in [-0.39, 0.29) is 22.2 Å². The van der Waals surface area contributed by atoms with Gasteiger partial charge < -0.3 is 5.32 Å². The SMILES string of the molecule is C[C@@H](NC(=O)c1cnc2c(c1)c(=O)[nH]c(=O)n2C)c1ccc(F)cc1F. The predicted molar refractivity (Wildman–Crippen MR) is 89.8 cm³/mol. The Labute approximate surface area is 145 Å². The van der Waals surface area contributed by atoms with Crippen molar-refractivity contribution in [3.8, 4) is 0 Å². The number of aryl methyl sites for hydroxylation is 1. The van der Waals surface area contributed by atoms with Crippen LogP contribution in [-0.2, 0) is 7.05 Å². The second-order valence-corrected chi connectivity index (χ2v) is 5.77. The summed E-state index contributed by atoms with van der Waals surface area (Å²) < 4.78 is 28.0. The van der Waals surface area contributed by atoms with Gasteiger partial charge in [-0.1, -0.05) is 6.07 Å². The van der Waals surface area contributed by atoms with E-state index in [0.717, 1.165) is 16.7 Å². The predicted octanol–water partition coefficient (Wildman–Crippen LogP) is 1.39. The van der Waals surface area contributed by atoms with E-state index >= 15 is 0 Å². The Hall–Kier alpha value is -3.36. The van der Waals surface area contributed by atoms with E-state index < -0.39 is 34.8 Å². The van der Waals surface area contributed by atoms with E-state index in [4.69, 9.17) is 0 Å². The van der Waals surface area contributed by atoms with Crippen LogP contribution in [0.25, 0.3) is 11.0 Å². The highest BCUT2D eigenvalue weighted by molar-refractivity contribution is 5.96. The van der Waals surface area contributed by atoms with Crippen LogP contribution < -0.4 is 16.6 Å². The highest BCUT2D eigenvalue weighted by Gasteiger charge is 2.17. The largest absolute Gasteiger partial charge is 0.345 e. The number of nitrogens with zero attached hydrogens (tertiary/aromatic N) is 2. The van der Waals surface area contributed by atoms with Gasteiger partial charge in [-0.15, -0.1) is 0 Å². The highest BCUT2D eigenvalue weighted by Crippen LogP contribution is 2.18. The molecular formula is C17H14F2N4O3. The summed E-state index contributed by atoms with van der Waals surface area (Å²) in [4.78, 5) is 42.0. The van der Waals surface area contributed by atoms with Gasteiger partial charge in [0.15, 0.2) is 0 Å². The van der Waals surface area contributed by atoms with Crippen molar-refractivity contribution in [1.29, 1.82) is 0 Å². The van der Waals surface area contributed by atoms with Gasteiger partial charge >= 0.3 is 5.69 Å². The number of amides is 1. The molecule has 0 radical (unpaired) electrons. The van der Waals surface area contributed by atoms with E-state index in [2.05, 4.69) is 15.3 Å². The molecule has 3 rings (SSSR count). The Bertz CT molecular complexity index is 1140. The number of nitrogens with one attached hydrogen (secondary N) is 2. The quantitative estimate of drug-likeness (QED) is 0.738. The molecule has 0 saturated carbocycles. The maximum Gasteiger partial charge on any atom is 0.329 e. The van der Waals surface area contributed by atoms with E-state index in [0.29, 0.717) is 0 Å². The minimum Gasteiger partial charge on any atom is -0.345 e. The third-order valence-corrected chi connectivity index (χ3v) is 3.99. The van der Waals surface area contributed by atoms with Gasteiger partial charge in [0.1, 0.15) is 17.3 Å². The topological polar surface area (TPSA) is 96.8 Å². The lowest BCUT2D eigenvalue weighted by molar-refractivity contribution is 0.0939. The van der Waals surface area contributed by atoms with E-state index in [1.165, 1.54) is 25.4 Å². The molecular weight excluding hydrogens is 346 g/mol. The molecule has 7 nitrogen and oxygen atoms in total. The number of pyridine rings is 1. The van der Waals surface area contributed by atoms with Gasteiger partial charge in [0.05, 0.1) is 17.0 Å². The average molecular weight is 360 g/mol. The molecule has 134 valence electrons. The first-order valence-corrected chi connectivity index (χ1v) is 7.63. The molecule has 0 fully saturated rings. The molecule has 2 N–H and O–H groups in total. The minimum atomic E-state index is -0.777. The summed E-state index contributed by atoms with van der Waals surface area (Å²) in [6, 6.07) is 3.63. The molecule has 0 aliphatic carbocycles. The smallest absolute Gasteiger partial charge is 0.329 e. The lowest BCUT2D eigenvalue weighted by Crippen LogP contribution is -2.30. The van der Waals surface area contributed by atoms with Crippen molar-refractivity contribution in [2.24, 2.45) is 7.05 Å². The van der Waals surface area contributed by atoms with Crippen LogP contribution >= 0.6 is 0 Å². The van der Waals surface area contributed by atoms with Crippen molar-refractivity contribution in [3.05, 3.63) is 74.1 Å². The molecule has 1 atom stereocenters. The monoisotopic (exact) mass is 360 g/mol. The molecule has 0 aliphatic rings. The first-order valence-electron chi connectivity index (χ1n) is 7.63. The molecule has 0 bridgehead atoms. The highest BCUT2D eigenvalue weighted by atomic mass is 19.1. The van der Waals surface area contributed by atoms with Gasteiger partial charge in [-0.05, 0) is 19.1 Å². The Kier molecular flexibility index (Phi) is 4.37. The summed E-state index contributed by atoms with van der Waals surface area (Å²) in [6.07, 6.45) is 1.21. The van der Waals surface area contributed by atoms with Crippen molar-refractivity contribution >= 4 is 16.9 Å². The van der Waals surface area contributed by atoms with E-state index in [9.17, 15) is 23.2 Å². The Morgan fingerprint density at radius 3 is 2.69 bits per heavy atom. The molecule has 26 heavy (non-hydrogen) atoms. The average Bonchev–Trinajstić information content (AvgIpc) is 2.59. The summed E-state index contributed by atoms with van der Waals surface area (Å²) in [5.74, 6) is -2.09. The lowest BCUT2D eigenvalue weighted by Gasteiger charge is -2.15. The zero-order chi connectivity index (χ0) is 19.0. The second kappa shape index (κ2) is 6.51. The first-order chi connectivity index (χ1) is 12.3. The van der Waals surface area contributed by atoms with Crippen molar-refractivity contribution in [2.75, 3.05) is 0 Å². The molecule has 2 heterocycles. The van der Waals surface area contributed by atoms with E-state index in [1.54, 1.807) is 6.92 Å². The molecule has 3 aromatic rings. The number of fused-ring (bicyclic) bond motifs is 1. The molecule has 9 heteroatoms. The molecule has 0 aliphatic heterocycles. The van der Waals surface area contributed by atoms with Crippen LogP contribution in [0.4, 0.5) is 8.78 Å². The zero-order valence-electron chi connectivity index (χ0n) is 13.8. The first kappa shape index (κ1) is 17.5. The van der Waals surface area contributed by atoms with Crippen molar-refractivity contribution in [2.45, 2.75) is 13.0 Å². The van der Waals surface area contributed by atoms with Crippen molar-refractivity contribution in [3.63, 3.8) is 0 Å². The number of aromatic nitrogens is 3. The van der Waals surface area contributed by atoms with Crippen LogP contribution in [0, 0.1) is 11.6 Å². The van der Waals surface area contributed by atoms with Crippen LogP contribution in [0.5, 0.6) is 0 Å². The van der Waals surface area contributed by atoms with Crippen LogP contribution in [0.1, 0.15) is 28.9 Å². The van der Waals surface area contributed by atoms with Crippen molar-refractivity contribution in [1.82, 2.24) is 19.9 Å². The van der Waals surface area contributed by atoms with Gasteiger partial charge in [0.2, 0.25) is 0 Å². The Morgan fingerprint density at radius 2 is 2.00 bits per heavy atom.